The minimum atomic E-state index is 0.585. The van der Waals surface area contributed by atoms with Crippen LogP contribution in [0.3, 0.4) is 0 Å². The zero-order valence-corrected chi connectivity index (χ0v) is 14.3. The van der Waals surface area contributed by atoms with Gasteiger partial charge in [0.25, 0.3) is 0 Å². The van der Waals surface area contributed by atoms with Gasteiger partial charge in [-0.1, -0.05) is 53.0 Å². The fourth-order valence-corrected chi connectivity index (χ4v) is 3.32. The molecule has 2 aromatic carbocycles. The van der Waals surface area contributed by atoms with E-state index in [2.05, 4.69) is 29.4 Å². The molecule has 22 heavy (non-hydrogen) atoms. The first kappa shape index (κ1) is 15.3. The zero-order valence-electron chi connectivity index (χ0n) is 11.9. The maximum Gasteiger partial charge on any atom is 0.187 e. The monoisotopic (exact) mass is 348 g/mol. The summed E-state index contributed by atoms with van der Waals surface area (Å²) in [6.07, 6.45) is 2.60. The van der Waals surface area contributed by atoms with Gasteiger partial charge in [-0.15, -0.1) is 11.3 Å². The molecule has 3 aromatic rings. The fourth-order valence-electron chi connectivity index (χ4n) is 2.08. The van der Waals surface area contributed by atoms with Gasteiger partial charge >= 0.3 is 0 Å². The molecule has 0 aliphatic rings. The van der Waals surface area contributed by atoms with Crippen LogP contribution in [0.4, 0.5) is 10.8 Å². The first-order chi connectivity index (χ1) is 10.6. The van der Waals surface area contributed by atoms with Crippen LogP contribution in [0.25, 0.3) is 0 Å². The predicted molar refractivity (Wildman–Crippen MR) is 95.8 cm³/mol. The smallest absolute Gasteiger partial charge is 0.187 e. The van der Waals surface area contributed by atoms with E-state index in [0.29, 0.717) is 10.0 Å². The Bertz CT molecular complexity index is 782. The van der Waals surface area contributed by atoms with E-state index in [1.165, 1.54) is 5.56 Å². The Morgan fingerprint density at radius 1 is 1.09 bits per heavy atom. The van der Waals surface area contributed by atoms with Crippen LogP contribution in [0.1, 0.15) is 16.0 Å². The molecular weight excluding hydrogens is 335 g/mol. The van der Waals surface area contributed by atoms with Crippen molar-refractivity contribution in [3.8, 4) is 0 Å². The van der Waals surface area contributed by atoms with Crippen LogP contribution in [-0.2, 0) is 6.42 Å². The summed E-state index contributed by atoms with van der Waals surface area (Å²) in [5.41, 5.74) is 3.29. The van der Waals surface area contributed by atoms with Crippen molar-refractivity contribution in [2.75, 3.05) is 5.32 Å². The molecule has 5 heteroatoms. The third-order valence-corrected chi connectivity index (χ3v) is 5.02. The largest absolute Gasteiger partial charge is 0.332 e. The Morgan fingerprint density at radius 2 is 1.86 bits per heavy atom. The van der Waals surface area contributed by atoms with E-state index < -0.39 is 0 Å². The molecule has 3 rings (SSSR count). The van der Waals surface area contributed by atoms with Gasteiger partial charge in [0.1, 0.15) is 0 Å². The molecule has 0 radical (unpaired) electrons. The molecule has 0 unspecified atom stereocenters. The summed E-state index contributed by atoms with van der Waals surface area (Å²) in [6.45, 7) is 2.07. The molecule has 0 fully saturated rings. The molecule has 0 saturated heterocycles. The Hall–Kier alpha value is -1.55. The van der Waals surface area contributed by atoms with Crippen molar-refractivity contribution in [2.24, 2.45) is 0 Å². The SMILES string of the molecule is Cc1ccc(Nc2ncc(Cc3cccc(Cl)c3Cl)s2)cc1. The van der Waals surface area contributed by atoms with Crippen molar-refractivity contribution in [1.82, 2.24) is 4.98 Å². The van der Waals surface area contributed by atoms with Crippen LogP contribution in [-0.4, -0.2) is 4.98 Å². The number of nitrogens with one attached hydrogen (secondary N) is 1. The highest BCUT2D eigenvalue weighted by Gasteiger charge is 2.08. The van der Waals surface area contributed by atoms with Crippen LogP contribution in [0.15, 0.2) is 48.7 Å². The normalized spacial score (nSPS) is 10.7. The topological polar surface area (TPSA) is 24.9 Å². The highest BCUT2D eigenvalue weighted by molar-refractivity contribution is 7.15. The number of aromatic nitrogens is 1. The average molecular weight is 349 g/mol. The molecule has 1 heterocycles. The third kappa shape index (κ3) is 3.61. The Labute approximate surface area is 143 Å². The van der Waals surface area contributed by atoms with Gasteiger partial charge < -0.3 is 5.32 Å². The molecule has 1 aromatic heterocycles. The molecule has 0 atom stereocenters. The molecule has 1 N–H and O–H groups in total. The van der Waals surface area contributed by atoms with Crippen LogP contribution in [0, 0.1) is 6.92 Å². The maximum absolute atomic E-state index is 6.23. The van der Waals surface area contributed by atoms with Gasteiger partial charge in [-0.2, -0.15) is 0 Å². The first-order valence-electron chi connectivity index (χ1n) is 6.83. The molecule has 0 saturated carbocycles. The number of benzene rings is 2. The number of nitrogens with zero attached hydrogens (tertiary/aromatic N) is 1. The van der Waals surface area contributed by atoms with E-state index in [1.54, 1.807) is 17.4 Å². The number of halogens is 2. The van der Waals surface area contributed by atoms with E-state index in [0.717, 1.165) is 27.7 Å². The highest BCUT2D eigenvalue weighted by Crippen LogP contribution is 2.30. The summed E-state index contributed by atoms with van der Waals surface area (Å²) in [5, 5.41) is 5.39. The lowest BCUT2D eigenvalue weighted by Crippen LogP contribution is -1.88. The second-order valence-electron chi connectivity index (χ2n) is 5.01. The Morgan fingerprint density at radius 3 is 2.64 bits per heavy atom. The van der Waals surface area contributed by atoms with Crippen LogP contribution < -0.4 is 5.32 Å². The Balaban J connectivity index is 1.73. The van der Waals surface area contributed by atoms with E-state index in [9.17, 15) is 0 Å². The minimum Gasteiger partial charge on any atom is -0.332 e. The first-order valence-corrected chi connectivity index (χ1v) is 8.40. The zero-order chi connectivity index (χ0) is 15.5. The van der Waals surface area contributed by atoms with Crippen molar-refractivity contribution in [3.63, 3.8) is 0 Å². The molecule has 0 spiro atoms. The van der Waals surface area contributed by atoms with E-state index in [-0.39, 0.29) is 0 Å². The van der Waals surface area contributed by atoms with Crippen molar-refractivity contribution in [3.05, 3.63) is 74.7 Å². The number of aryl methyl sites for hydroxylation is 1. The van der Waals surface area contributed by atoms with Gasteiger partial charge in [-0.25, -0.2) is 4.98 Å². The van der Waals surface area contributed by atoms with Crippen molar-refractivity contribution in [2.45, 2.75) is 13.3 Å². The number of hydrogen-bond acceptors (Lipinski definition) is 3. The third-order valence-electron chi connectivity index (χ3n) is 3.25. The minimum absolute atomic E-state index is 0.585. The van der Waals surface area contributed by atoms with Crippen LogP contribution >= 0.6 is 34.5 Å². The van der Waals surface area contributed by atoms with E-state index >= 15 is 0 Å². The Kier molecular flexibility index (Phi) is 4.67. The van der Waals surface area contributed by atoms with Crippen LogP contribution in [0.2, 0.25) is 10.0 Å². The predicted octanol–water partition coefficient (Wildman–Crippen LogP) is 6.09. The summed E-state index contributed by atoms with van der Waals surface area (Å²) in [6, 6.07) is 13.9. The number of anilines is 2. The standard InChI is InChI=1S/C17H14Cl2N2S/c1-11-5-7-13(8-6-11)21-17-20-10-14(22-17)9-12-3-2-4-15(18)16(12)19/h2-8,10H,9H2,1H3,(H,20,21). The summed E-state index contributed by atoms with van der Waals surface area (Å²) < 4.78 is 0. The van der Waals surface area contributed by atoms with Gasteiger partial charge in [0.05, 0.1) is 10.0 Å². The summed E-state index contributed by atoms with van der Waals surface area (Å²) in [5.74, 6) is 0. The lowest BCUT2D eigenvalue weighted by molar-refractivity contribution is 1.22. The molecule has 2 nitrogen and oxygen atoms in total. The van der Waals surface area contributed by atoms with E-state index in [1.807, 2.05) is 30.5 Å². The number of hydrogen-bond donors (Lipinski definition) is 1. The molecule has 0 aliphatic heterocycles. The lowest BCUT2D eigenvalue weighted by Gasteiger charge is -2.04. The van der Waals surface area contributed by atoms with E-state index in [4.69, 9.17) is 23.2 Å². The lowest BCUT2D eigenvalue weighted by atomic mass is 10.1. The number of thiazole rings is 1. The van der Waals surface area contributed by atoms with Crippen LogP contribution in [0.5, 0.6) is 0 Å². The average Bonchev–Trinajstić information content (AvgIpc) is 2.94. The van der Waals surface area contributed by atoms with Gasteiger partial charge in [0.15, 0.2) is 5.13 Å². The molecule has 0 bridgehead atoms. The van der Waals surface area contributed by atoms with Gasteiger partial charge in [0, 0.05) is 23.2 Å². The van der Waals surface area contributed by atoms with Crippen molar-refractivity contribution in [1.29, 1.82) is 0 Å². The van der Waals surface area contributed by atoms with Gasteiger partial charge in [-0.3, -0.25) is 0 Å². The number of rotatable bonds is 4. The fraction of sp³-hybridized carbons (Fsp3) is 0.118. The molecular formula is C17H14Cl2N2S. The highest BCUT2D eigenvalue weighted by atomic mass is 35.5. The van der Waals surface area contributed by atoms with Crippen molar-refractivity contribution >= 4 is 45.4 Å². The quantitative estimate of drug-likeness (QED) is 0.616. The summed E-state index contributed by atoms with van der Waals surface area (Å²) in [4.78, 5) is 5.55. The molecule has 0 aliphatic carbocycles. The summed E-state index contributed by atoms with van der Waals surface area (Å²) >= 11 is 13.9. The summed E-state index contributed by atoms with van der Waals surface area (Å²) in [7, 11) is 0. The van der Waals surface area contributed by atoms with Crippen molar-refractivity contribution < 1.29 is 0 Å². The van der Waals surface area contributed by atoms with Gasteiger partial charge in [-0.05, 0) is 30.7 Å². The molecule has 112 valence electrons. The maximum atomic E-state index is 6.23. The van der Waals surface area contributed by atoms with Gasteiger partial charge in [0.2, 0.25) is 0 Å². The second kappa shape index (κ2) is 6.69. The molecule has 0 amide bonds. The second-order valence-corrected chi connectivity index (χ2v) is 6.91.